The molecule has 2 atom stereocenters. The Hall–Kier alpha value is -2.12. The topological polar surface area (TPSA) is 105 Å². The van der Waals surface area contributed by atoms with Crippen LogP contribution in [0.15, 0.2) is 0 Å². The van der Waals surface area contributed by atoms with Gasteiger partial charge in [0.15, 0.2) is 0 Å². The molecule has 0 aromatic heterocycles. The number of carbonyl (C=O) groups excluding carboxylic acids is 4. The number of esters is 4. The maximum Gasteiger partial charge on any atom is 0.305 e. The van der Waals surface area contributed by atoms with Gasteiger partial charge in [-0.3, -0.25) is 19.2 Å². The van der Waals surface area contributed by atoms with Crippen molar-refractivity contribution in [1.29, 1.82) is 0 Å². The van der Waals surface area contributed by atoms with Gasteiger partial charge in [0.1, 0.15) is 0 Å². The van der Waals surface area contributed by atoms with Gasteiger partial charge in [-0.05, 0) is 75.0 Å². The van der Waals surface area contributed by atoms with Gasteiger partial charge in [-0.15, -0.1) is 0 Å². The SMILES string of the molecule is CCC(CCCCCCCCC(=O)OCCCCCC(C)C)CCC(=O)OCCCCCC(C)C.CCCCCCCCOC(=O)CCCCCCCCC(CC)CCC(=O)OCCCCCCCC. The molecule has 0 bridgehead atoms. The Morgan fingerprint density at radius 3 is 0.814 bits per heavy atom. The Balaban J connectivity index is 0. The lowest BCUT2D eigenvalue weighted by molar-refractivity contribution is -0.145. The minimum atomic E-state index is -0.0238. The molecule has 0 aliphatic rings. The molecule has 70 heavy (non-hydrogen) atoms. The van der Waals surface area contributed by atoms with Crippen LogP contribution in [0.2, 0.25) is 0 Å². The van der Waals surface area contributed by atoms with E-state index in [2.05, 4.69) is 55.4 Å². The lowest BCUT2D eigenvalue weighted by Gasteiger charge is -2.14. The van der Waals surface area contributed by atoms with E-state index in [0.717, 1.165) is 102 Å². The Labute approximate surface area is 435 Å². The fourth-order valence-corrected chi connectivity index (χ4v) is 9.03. The molecule has 0 N–H and O–H groups in total. The molecular formula is C62H120O8. The van der Waals surface area contributed by atoms with Crippen molar-refractivity contribution in [3.63, 3.8) is 0 Å². The van der Waals surface area contributed by atoms with Crippen molar-refractivity contribution in [2.24, 2.45) is 23.7 Å². The third-order valence-electron chi connectivity index (χ3n) is 14.1. The minimum absolute atomic E-state index is 0.0116. The number of carbonyl (C=O) groups is 4. The van der Waals surface area contributed by atoms with Crippen molar-refractivity contribution >= 4 is 23.9 Å². The van der Waals surface area contributed by atoms with Crippen LogP contribution in [-0.4, -0.2) is 50.3 Å². The molecule has 8 nitrogen and oxygen atoms in total. The van der Waals surface area contributed by atoms with Crippen LogP contribution in [0.25, 0.3) is 0 Å². The smallest absolute Gasteiger partial charge is 0.305 e. The van der Waals surface area contributed by atoms with E-state index in [9.17, 15) is 19.2 Å². The van der Waals surface area contributed by atoms with Crippen molar-refractivity contribution in [2.45, 2.75) is 325 Å². The second-order valence-corrected chi connectivity index (χ2v) is 21.8. The zero-order valence-electron chi connectivity index (χ0n) is 48.1. The molecule has 8 heteroatoms. The third-order valence-corrected chi connectivity index (χ3v) is 14.1. The Kier molecular flexibility index (Phi) is 56.1. The van der Waals surface area contributed by atoms with Gasteiger partial charge in [0.25, 0.3) is 0 Å². The van der Waals surface area contributed by atoms with Crippen molar-refractivity contribution in [2.75, 3.05) is 26.4 Å². The summed E-state index contributed by atoms with van der Waals surface area (Å²) in [6.45, 7) is 20.3. The van der Waals surface area contributed by atoms with E-state index in [1.807, 2.05) is 0 Å². The van der Waals surface area contributed by atoms with Gasteiger partial charge in [-0.25, -0.2) is 0 Å². The van der Waals surface area contributed by atoms with Crippen LogP contribution >= 0.6 is 0 Å². The lowest BCUT2D eigenvalue weighted by atomic mass is 9.93. The molecular weight excluding hydrogens is 873 g/mol. The molecule has 416 valence electrons. The number of hydrogen-bond donors (Lipinski definition) is 0. The van der Waals surface area contributed by atoms with Crippen LogP contribution in [0.1, 0.15) is 325 Å². The predicted octanol–water partition coefficient (Wildman–Crippen LogP) is 19.2. The first kappa shape index (κ1) is 70.0. The van der Waals surface area contributed by atoms with E-state index in [4.69, 9.17) is 18.9 Å². The van der Waals surface area contributed by atoms with Crippen LogP contribution < -0.4 is 0 Å². The molecule has 0 fully saturated rings. The zero-order chi connectivity index (χ0) is 52.0. The molecule has 0 saturated heterocycles. The highest BCUT2D eigenvalue weighted by atomic mass is 16.5. The van der Waals surface area contributed by atoms with Gasteiger partial charge in [-0.2, -0.15) is 0 Å². The molecule has 0 aromatic rings. The van der Waals surface area contributed by atoms with Gasteiger partial charge in [0.2, 0.25) is 0 Å². The first-order valence-corrected chi connectivity index (χ1v) is 30.6. The number of hydrogen-bond acceptors (Lipinski definition) is 8. The van der Waals surface area contributed by atoms with Crippen LogP contribution in [0.5, 0.6) is 0 Å². The zero-order valence-corrected chi connectivity index (χ0v) is 48.1. The molecule has 0 aliphatic heterocycles. The van der Waals surface area contributed by atoms with Crippen molar-refractivity contribution in [3.05, 3.63) is 0 Å². The fourth-order valence-electron chi connectivity index (χ4n) is 9.03. The summed E-state index contributed by atoms with van der Waals surface area (Å²) in [4.78, 5) is 47.6. The highest BCUT2D eigenvalue weighted by Crippen LogP contribution is 2.22. The summed E-state index contributed by atoms with van der Waals surface area (Å²) in [6.07, 6.45) is 46.9. The summed E-state index contributed by atoms with van der Waals surface area (Å²) in [5, 5.41) is 0. The van der Waals surface area contributed by atoms with Crippen LogP contribution in [0.4, 0.5) is 0 Å². The third kappa shape index (κ3) is 56.8. The maximum absolute atomic E-state index is 12.0. The largest absolute Gasteiger partial charge is 0.466 e. The Bertz CT molecular complexity index is 1120. The highest BCUT2D eigenvalue weighted by Gasteiger charge is 2.13. The van der Waals surface area contributed by atoms with Crippen molar-refractivity contribution in [1.82, 2.24) is 0 Å². The monoisotopic (exact) mass is 993 g/mol. The summed E-state index contributed by atoms with van der Waals surface area (Å²) < 4.78 is 21.5. The molecule has 0 spiro atoms. The van der Waals surface area contributed by atoms with Crippen molar-refractivity contribution < 1.29 is 38.1 Å². The van der Waals surface area contributed by atoms with Gasteiger partial charge in [-0.1, -0.05) is 248 Å². The molecule has 0 heterocycles. The van der Waals surface area contributed by atoms with Crippen LogP contribution in [0, 0.1) is 23.7 Å². The van der Waals surface area contributed by atoms with E-state index >= 15 is 0 Å². The summed E-state index contributed by atoms with van der Waals surface area (Å²) in [5.41, 5.74) is 0. The molecule has 2 unspecified atom stereocenters. The summed E-state index contributed by atoms with van der Waals surface area (Å²) in [5.74, 6) is 2.73. The number of ether oxygens (including phenoxy) is 4. The second kappa shape index (κ2) is 56.2. The first-order chi connectivity index (χ1) is 34.0. The highest BCUT2D eigenvalue weighted by molar-refractivity contribution is 5.70. The van der Waals surface area contributed by atoms with Gasteiger partial charge >= 0.3 is 23.9 Å². The molecule has 0 aliphatic carbocycles. The molecule has 0 rings (SSSR count). The quantitative estimate of drug-likeness (QED) is 0.0337. The Morgan fingerprint density at radius 1 is 0.271 bits per heavy atom. The predicted molar refractivity (Wildman–Crippen MR) is 297 cm³/mol. The molecule has 0 aromatic carbocycles. The Morgan fingerprint density at radius 2 is 0.514 bits per heavy atom. The lowest BCUT2D eigenvalue weighted by Crippen LogP contribution is -2.09. The van der Waals surface area contributed by atoms with Gasteiger partial charge in [0, 0.05) is 25.7 Å². The average molecular weight is 994 g/mol. The second-order valence-electron chi connectivity index (χ2n) is 21.8. The van der Waals surface area contributed by atoms with Crippen LogP contribution in [0.3, 0.4) is 0 Å². The van der Waals surface area contributed by atoms with E-state index in [0.29, 0.717) is 63.9 Å². The normalized spacial score (nSPS) is 12.1. The maximum atomic E-state index is 12.0. The van der Waals surface area contributed by atoms with E-state index in [1.165, 1.54) is 154 Å². The number of rotatable bonds is 52. The fraction of sp³-hybridized carbons (Fsp3) is 0.935. The van der Waals surface area contributed by atoms with E-state index in [-0.39, 0.29) is 23.9 Å². The molecule has 0 radical (unpaired) electrons. The van der Waals surface area contributed by atoms with Gasteiger partial charge in [0.05, 0.1) is 26.4 Å². The van der Waals surface area contributed by atoms with E-state index < -0.39 is 0 Å². The van der Waals surface area contributed by atoms with Crippen molar-refractivity contribution in [3.8, 4) is 0 Å². The van der Waals surface area contributed by atoms with Gasteiger partial charge < -0.3 is 18.9 Å². The average Bonchev–Trinajstić information content (AvgIpc) is 3.34. The first-order valence-electron chi connectivity index (χ1n) is 30.6. The molecule has 0 saturated carbocycles. The van der Waals surface area contributed by atoms with Crippen LogP contribution in [-0.2, 0) is 38.1 Å². The summed E-state index contributed by atoms with van der Waals surface area (Å²) >= 11 is 0. The van der Waals surface area contributed by atoms with E-state index in [1.54, 1.807) is 0 Å². The standard InChI is InChI=1S/2C31H60O4/c1-6-29(23-24-31(33)35-26-18-12-14-20-28(4)5)21-15-9-7-8-10-16-22-30(32)34-25-17-11-13-19-27(2)3;1-4-7-9-11-17-21-27-34-30(32)24-20-16-14-13-15-19-23-29(6-3)25-26-31(33)35-28-22-18-12-10-8-5-2/h27-29H,6-26H2,1-5H3;29H,4-28H2,1-3H3. The summed E-state index contributed by atoms with van der Waals surface area (Å²) in [7, 11) is 0. The number of unbranched alkanes of at least 4 members (excludes halogenated alkanes) is 24. The minimum Gasteiger partial charge on any atom is -0.466 e. The summed E-state index contributed by atoms with van der Waals surface area (Å²) in [6, 6.07) is 0. The molecule has 0 amide bonds.